The molecule has 0 fully saturated rings. The molecule has 1 amide bonds. The van der Waals surface area contributed by atoms with Crippen LogP contribution in [-0.4, -0.2) is 34.2 Å². The SMILES string of the molecule is CCN(C)C(=O)c1cc(C)nn1CC. The maximum atomic E-state index is 11.8. The van der Waals surface area contributed by atoms with Crippen LogP contribution < -0.4 is 0 Å². The first kappa shape index (κ1) is 10.8. The number of hydrogen-bond donors (Lipinski definition) is 0. The third-order valence-electron chi connectivity index (χ3n) is 2.24. The Kier molecular flexibility index (Phi) is 3.28. The molecule has 1 heterocycles. The van der Waals surface area contributed by atoms with E-state index in [-0.39, 0.29) is 5.91 Å². The van der Waals surface area contributed by atoms with Gasteiger partial charge in [0.1, 0.15) is 5.69 Å². The van der Waals surface area contributed by atoms with E-state index in [9.17, 15) is 4.79 Å². The van der Waals surface area contributed by atoms with Crippen LogP contribution in [0.2, 0.25) is 0 Å². The van der Waals surface area contributed by atoms with Gasteiger partial charge in [-0.05, 0) is 26.8 Å². The van der Waals surface area contributed by atoms with E-state index in [1.54, 1.807) is 16.6 Å². The van der Waals surface area contributed by atoms with Crippen LogP contribution in [0.15, 0.2) is 6.07 Å². The van der Waals surface area contributed by atoms with Crippen molar-refractivity contribution in [3.05, 3.63) is 17.5 Å². The molecule has 0 unspecified atom stereocenters. The van der Waals surface area contributed by atoms with Crippen molar-refractivity contribution in [3.63, 3.8) is 0 Å². The molecule has 14 heavy (non-hydrogen) atoms. The molecule has 78 valence electrons. The van der Waals surface area contributed by atoms with Gasteiger partial charge in [0.05, 0.1) is 5.69 Å². The van der Waals surface area contributed by atoms with Crippen LogP contribution in [-0.2, 0) is 6.54 Å². The van der Waals surface area contributed by atoms with Crippen LogP contribution in [0.1, 0.15) is 30.0 Å². The minimum Gasteiger partial charge on any atom is -0.341 e. The maximum Gasteiger partial charge on any atom is 0.271 e. The van der Waals surface area contributed by atoms with Gasteiger partial charge >= 0.3 is 0 Å². The summed E-state index contributed by atoms with van der Waals surface area (Å²) in [6.07, 6.45) is 0. The van der Waals surface area contributed by atoms with Crippen LogP contribution in [0.25, 0.3) is 0 Å². The highest BCUT2D eigenvalue weighted by Crippen LogP contribution is 2.06. The Hall–Kier alpha value is -1.32. The monoisotopic (exact) mass is 195 g/mol. The van der Waals surface area contributed by atoms with Crippen molar-refractivity contribution in [3.8, 4) is 0 Å². The summed E-state index contributed by atoms with van der Waals surface area (Å²) in [4.78, 5) is 13.5. The number of aromatic nitrogens is 2. The molecule has 0 spiro atoms. The molecule has 0 atom stereocenters. The summed E-state index contributed by atoms with van der Waals surface area (Å²) in [6.45, 7) is 7.28. The maximum absolute atomic E-state index is 11.8. The summed E-state index contributed by atoms with van der Waals surface area (Å²) in [5.74, 6) is 0.0370. The van der Waals surface area contributed by atoms with Gasteiger partial charge in [0, 0.05) is 20.1 Å². The lowest BCUT2D eigenvalue weighted by Crippen LogP contribution is -2.28. The zero-order valence-electron chi connectivity index (χ0n) is 9.24. The lowest BCUT2D eigenvalue weighted by Gasteiger charge is -2.14. The number of hydrogen-bond acceptors (Lipinski definition) is 2. The first-order valence-corrected chi connectivity index (χ1v) is 4.90. The van der Waals surface area contributed by atoms with E-state index in [1.807, 2.05) is 26.8 Å². The predicted molar refractivity (Wildman–Crippen MR) is 55.3 cm³/mol. The average molecular weight is 195 g/mol. The van der Waals surface area contributed by atoms with Gasteiger partial charge in [-0.3, -0.25) is 9.48 Å². The number of rotatable bonds is 3. The van der Waals surface area contributed by atoms with Crippen molar-refractivity contribution in [2.75, 3.05) is 13.6 Å². The fraction of sp³-hybridized carbons (Fsp3) is 0.600. The molecule has 0 saturated carbocycles. The Morgan fingerprint density at radius 1 is 1.57 bits per heavy atom. The van der Waals surface area contributed by atoms with Crippen LogP contribution in [0.3, 0.4) is 0 Å². The van der Waals surface area contributed by atoms with Crippen LogP contribution in [0, 0.1) is 6.92 Å². The van der Waals surface area contributed by atoms with Gasteiger partial charge in [-0.1, -0.05) is 0 Å². The lowest BCUT2D eigenvalue weighted by atomic mass is 10.3. The summed E-state index contributed by atoms with van der Waals surface area (Å²) in [5, 5.41) is 4.24. The van der Waals surface area contributed by atoms with Gasteiger partial charge in [-0.25, -0.2) is 0 Å². The number of nitrogens with zero attached hydrogens (tertiary/aromatic N) is 3. The first-order chi connectivity index (χ1) is 6.60. The summed E-state index contributed by atoms with van der Waals surface area (Å²) >= 11 is 0. The molecule has 0 N–H and O–H groups in total. The fourth-order valence-corrected chi connectivity index (χ4v) is 1.30. The molecule has 0 saturated heterocycles. The van der Waals surface area contributed by atoms with Gasteiger partial charge in [-0.2, -0.15) is 5.10 Å². The van der Waals surface area contributed by atoms with Crippen LogP contribution in [0.4, 0.5) is 0 Å². The van der Waals surface area contributed by atoms with Gasteiger partial charge in [0.25, 0.3) is 5.91 Å². The Morgan fingerprint density at radius 2 is 2.21 bits per heavy atom. The topological polar surface area (TPSA) is 38.1 Å². The molecule has 1 rings (SSSR count). The van der Waals surface area contributed by atoms with Gasteiger partial charge in [0.2, 0.25) is 0 Å². The van der Waals surface area contributed by atoms with E-state index >= 15 is 0 Å². The number of carbonyl (C=O) groups excluding carboxylic acids is 1. The molecule has 4 heteroatoms. The van der Waals surface area contributed by atoms with Gasteiger partial charge in [-0.15, -0.1) is 0 Å². The first-order valence-electron chi connectivity index (χ1n) is 4.90. The minimum absolute atomic E-state index is 0.0370. The highest BCUT2D eigenvalue weighted by atomic mass is 16.2. The van der Waals surface area contributed by atoms with Gasteiger partial charge in [0.15, 0.2) is 0 Å². The number of carbonyl (C=O) groups is 1. The van der Waals surface area contributed by atoms with E-state index < -0.39 is 0 Å². The zero-order valence-corrected chi connectivity index (χ0v) is 9.24. The molecule has 1 aromatic rings. The third kappa shape index (κ3) is 1.95. The smallest absolute Gasteiger partial charge is 0.271 e. The molecular formula is C10H17N3O. The molecule has 0 bridgehead atoms. The molecule has 0 aliphatic carbocycles. The highest BCUT2D eigenvalue weighted by molar-refractivity contribution is 5.92. The molecule has 1 aromatic heterocycles. The van der Waals surface area contributed by atoms with Crippen molar-refractivity contribution in [1.82, 2.24) is 14.7 Å². The van der Waals surface area contributed by atoms with Crippen molar-refractivity contribution in [2.45, 2.75) is 27.3 Å². The normalized spacial score (nSPS) is 10.3. The zero-order chi connectivity index (χ0) is 10.7. The Labute approximate surface area is 84.5 Å². The third-order valence-corrected chi connectivity index (χ3v) is 2.24. The Morgan fingerprint density at radius 3 is 2.71 bits per heavy atom. The fourth-order valence-electron chi connectivity index (χ4n) is 1.30. The standard InChI is InChI=1S/C10H17N3O/c1-5-12(4)10(14)9-7-8(3)11-13(9)6-2/h7H,5-6H2,1-4H3. The lowest BCUT2D eigenvalue weighted by molar-refractivity contribution is 0.0790. The quantitative estimate of drug-likeness (QED) is 0.729. The minimum atomic E-state index is 0.0370. The van der Waals surface area contributed by atoms with Crippen molar-refractivity contribution < 1.29 is 4.79 Å². The van der Waals surface area contributed by atoms with E-state index in [0.29, 0.717) is 12.2 Å². The average Bonchev–Trinajstić information content (AvgIpc) is 2.57. The highest BCUT2D eigenvalue weighted by Gasteiger charge is 2.15. The summed E-state index contributed by atoms with van der Waals surface area (Å²) in [6, 6.07) is 1.83. The predicted octanol–water partition coefficient (Wildman–Crippen LogP) is 1.30. The Balaban J connectivity index is 2.99. The molecule has 4 nitrogen and oxygen atoms in total. The number of amides is 1. The summed E-state index contributed by atoms with van der Waals surface area (Å²) < 4.78 is 1.74. The molecule has 0 radical (unpaired) electrons. The van der Waals surface area contributed by atoms with Gasteiger partial charge < -0.3 is 4.90 Å². The summed E-state index contributed by atoms with van der Waals surface area (Å²) in [5.41, 5.74) is 1.56. The van der Waals surface area contributed by atoms with E-state index in [1.165, 1.54) is 0 Å². The largest absolute Gasteiger partial charge is 0.341 e. The Bertz CT molecular complexity index is 330. The molecule has 0 aliphatic rings. The second-order valence-electron chi connectivity index (χ2n) is 3.31. The van der Waals surface area contributed by atoms with Crippen LogP contribution in [0.5, 0.6) is 0 Å². The van der Waals surface area contributed by atoms with Crippen molar-refractivity contribution in [1.29, 1.82) is 0 Å². The van der Waals surface area contributed by atoms with Crippen molar-refractivity contribution in [2.24, 2.45) is 0 Å². The molecular weight excluding hydrogens is 178 g/mol. The van der Waals surface area contributed by atoms with E-state index in [4.69, 9.17) is 0 Å². The van der Waals surface area contributed by atoms with Crippen molar-refractivity contribution >= 4 is 5.91 Å². The second-order valence-corrected chi connectivity index (χ2v) is 3.31. The second kappa shape index (κ2) is 4.26. The van der Waals surface area contributed by atoms with Crippen LogP contribution >= 0.6 is 0 Å². The number of aryl methyl sites for hydroxylation is 2. The molecule has 0 aliphatic heterocycles. The van der Waals surface area contributed by atoms with E-state index in [0.717, 1.165) is 12.2 Å². The molecule has 0 aromatic carbocycles. The van der Waals surface area contributed by atoms with E-state index in [2.05, 4.69) is 5.10 Å². The summed E-state index contributed by atoms with van der Waals surface area (Å²) in [7, 11) is 1.80.